The van der Waals surface area contributed by atoms with Crippen molar-refractivity contribution in [2.24, 2.45) is 11.3 Å². The van der Waals surface area contributed by atoms with Gasteiger partial charge in [0.15, 0.2) is 0 Å². The number of fused-ring (bicyclic) bond motifs is 3. The molecule has 0 unspecified atom stereocenters. The highest BCUT2D eigenvalue weighted by Crippen LogP contribution is 2.58. The van der Waals surface area contributed by atoms with Crippen molar-refractivity contribution < 1.29 is 14.3 Å². The summed E-state index contributed by atoms with van der Waals surface area (Å²) >= 11 is 3.58. The van der Waals surface area contributed by atoms with E-state index >= 15 is 0 Å². The van der Waals surface area contributed by atoms with Crippen LogP contribution in [0, 0.1) is 11.3 Å². The number of carbonyl (C=O) groups excluding carboxylic acids is 2. The lowest BCUT2D eigenvalue weighted by Gasteiger charge is -2.55. The van der Waals surface area contributed by atoms with E-state index in [1.807, 2.05) is 24.3 Å². The van der Waals surface area contributed by atoms with Gasteiger partial charge in [-0.3, -0.25) is 9.59 Å². The Kier molecular flexibility index (Phi) is 7.26. The fourth-order valence-electron chi connectivity index (χ4n) is 6.48. The molecule has 3 aliphatic carbocycles. The van der Waals surface area contributed by atoms with Crippen LogP contribution in [0.15, 0.2) is 59.1 Å². The second-order valence-corrected chi connectivity index (χ2v) is 11.6. The van der Waals surface area contributed by atoms with Crippen molar-refractivity contribution in [1.29, 1.82) is 0 Å². The number of carbonyl (C=O) groups is 2. The van der Waals surface area contributed by atoms with Gasteiger partial charge in [0.25, 0.3) is 0 Å². The highest BCUT2D eigenvalue weighted by atomic mass is 79.9. The molecule has 5 heteroatoms. The van der Waals surface area contributed by atoms with E-state index in [1.54, 1.807) is 6.08 Å². The van der Waals surface area contributed by atoms with Crippen LogP contribution in [-0.4, -0.2) is 32.0 Å². The van der Waals surface area contributed by atoms with Crippen molar-refractivity contribution in [2.45, 2.75) is 56.8 Å². The monoisotopic (exact) mass is 535 g/mol. The van der Waals surface area contributed by atoms with Crippen LogP contribution in [0.2, 0.25) is 0 Å². The zero-order valence-electron chi connectivity index (χ0n) is 20.3. The molecule has 4 aliphatic rings. The van der Waals surface area contributed by atoms with Crippen LogP contribution in [0.25, 0.3) is 6.08 Å². The fraction of sp³-hybridized carbons (Fsp3) is 0.467. The number of benzene rings is 2. The van der Waals surface area contributed by atoms with Crippen molar-refractivity contribution in [3.63, 3.8) is 0 Å². The summed E-state index contributed by atoms with van der Waals surface area (Å²) < 4.78 is 6.67. The molecule has 2 aromatic carbocycles. The Hall–Kier alpha value is -2.24. The molecule has 4 fully saturated rings. The zero-order chi connectivity index (χ0) is 24.3. The quantitative estimate of drug-likeness (QED) is 0.292. The number of nitrogens with zero attached hydrogens (tertiary/aromatic N) is 1. The van der Waals surface area contributed by atoms with E-state index in [9.17, 15) is 9.59 Å². The third kappa shape index (κ3) is 5.17. The summed E-state index contributed by atoms with van der Waals surface area (Å²) in [6, 6.07) is 17.0. The lowest BCUT2D eigenvalue weighted by molar-refractivity contribution is -0.126. The van der Waals surface area contributed by atoms with Gasteiger partial charge in [0.2, 0.25) is 5.91 Å². The van der Waals surface area contributed by atoms with Crippen LogP contribution in [-0.2, 0) is 19.7 Å². The van der Waals surface area contributed by atoms with Crippen molar-refractivity contribution in [2.75, 3.05) is 24.7 Å². The van der Waals surface area contributed by atoms with Crippen molar-refractivity contribution >= 4 is 39.9 Å². The van der Waals surface area contributed by atoms with E-state index in [1.165, 1.54) is 30.9 Å². The molecular weight excluding hydrogens is 502 g/mol. The highest BCUT2D eigenvalue weighted by molar-refractivity contribution is 9.10. The average molecular weight is 537 g/mol. The third-order valence-corrected chi connectivity index (χ3v) is 9.27. The second kappa shape index (κ2) is 10.4. The molecule has 184 valence electrons. The molecule has 1 saturated heterocycles. The Balaban J connectivity index is 1.39. The van der Waals surface area contributed by atoms with Crippen molar-refractivity contribution in [3.05, 3.63) is 70.2 Å². The summed E-state index contributed by atoms with van der Waals surface area (Å²) in [6.45, 7) is 2.10. The summed E-state index contributed by atoms with van der Waals surface area (Å²) in [5, 5.41) is 0. The summed E-state index contributed by atoms with van der Waals surface area (Å²) in [5.74, 6) is 0.248. The van der Waals surface area contributed by atoms with E-state index in [0.29, 0.717) is 13.2 Å². The van der Waals surface area contributed by atoms with Gasteiger partial charge in [-0.2, -0.15) is 0 Å². The average Bonchev–Trinajstić information content (AvgIpc) is 2.92. The van der Waals surface area contributed by atoms with Gasteiger partial charge in [0.05, 0.1) is 0 Å². The van der Waals surface area contributed by atoms with E-state index in [4.69, 9.17) is 4.74 Å². The maximum atomic E-state index is 13.9. The van der Waals surface area contributed by atoms with Gasteiger partial charge >= 0.3 is 0 Å². The Morgan fingerprint density at radius 3 is 2.34 bits per heavy atom. The lowest BCUT2D eigenvalue weighted by atomic mass is 9.51. The molecule has 0 atom stereocenters. The van der Waals surface area contributed by atoms with Crippen LogP contribution in [0.4, 0.5) is 5.69 Å². The topological polar surface area (TPSA) is 46.6 Å². The van der Waals surface area contributed by atoms with Gasteiger partial charge in [0, 0.05) is 35.8 Å². The van der Waals surface area contributed by atoms with Gasteiger partial charge in [-0.25, -0.2) is 0 Å². The molecule has 0 N–H and O–H groups in total. The highest BCUT2D eigenvalue weighted by Gasteiger charge is 2.50. The Morgan fingerprint density at radius 1 is 1.00 bits per heavy atom. The molecule has 3 saturated carbocycles. The van der Waals surface area contributed by atoms with Crippen LogP contribution < -0.4 is 4.90 Å². The number of hydrogen-bond donors (Lipinski definition) is 0. The second-order valence-electron chi connectivity index (χ2n) is 10.7. The van der Waals surface area contributed by atoms with Crippen LogP contribution in [0.1, 0.15) is 62.5 Å². The summed E-state index contributed by atoms with van der Waals surface area (Å²) in [7, 11) is 0. The molecule has 2 bridgehead atoms. The smallest absolute Gasteiger partial charge is 0.230 e. The number of anilines is 1. The Morgan fingerprint density at radius 2 is 1.69 bits per heavy atom. The van der Waals surface area contributed by atoms with E-state index in [2.05, 4.69) is 45.1 Å². The fourth-order valence-corrected chi connectivity index (χ4v) is 6.74. The minimum Gasteiger partial charge on any atom is -0.381 e. The number of aldehydes is 1. The summed E-state index contributed by atoms with van der Waals surface area (Å²) in [6.07, 6.45) is 12.7. The molecule has 35 heavy (non-hydrogen) atoms. The maximum absolute atomic E-state index is 13.9. The number of rotatable bonds is 7. The van der Waals surface area contributed by atoms with Crippen LogP contribution in [0.3, 0.4) is 0 Å². The van der Waals surface area contributed by atoms with Gasteiger partial charge in [-0.15, -0.1) is 0 Å². The van der Waals surface area contributed by atoms with Gasteiger partial charge in [-0.1, -0.05) is 46.3 Å². The minimum absolute atomic E-state index is 0.0170. The normalized spacial score (nSPS) is 26.7. The Labute approximate surface area is 216 Å². The molecule has 0 aromatic heterocycles. The number of amides is 1. The van der Waals surface area contributed by atoms with Crippen LogP contribution in [0.5, 0.6) is 0 Å². The molecule has 2 aromatic rings. The predicted octanol–water partition coefficient (Wildman–Crippen LogP) is 6.71. The van der Waals surface area contributed by atoms with E-state index < -0.39 is 0 Å². The SMILES string of the molecule is O=C/C=C/c1cccc(N(CC23CCC(c4ccc(Br)cc4)(CC2)CC3)C(=O)C2CCOCC2)c1. The van der Waals surface area contributed by atoms with Gasteiger partial charge in [-0.05, 0) is 104 Å². The van der Waals surface area contributed by atoms with Gasteiger partial charge in [0.1, 0.15) is 6.29 Å². The zero-order valence-corrected chi connectivity index (χ0v) is 21.8. The Bertz CT molecular complexity index is 1060. The summed E-state index contributed by atoms with van der Waals surface area (Å²) in [4.78, 5) is 26.8. The number of ether oxygens (including phenoxy) is 1. The maximum Gasteiger partial charge on any atom is 0.230 e. The van der Waals surface area contributed by atoms with Crippen molar-refractivity contribution in [1.82, 2.24) is 0 Å². The molecule has 1 aliphatic heterocycles. The molecular formula is C30H34BrNO3. The minimum atomic E-state index is 0.0170. The number of hydrogen-bond acceptors (Lipinski definition) is 3. The molecule has 1 amide bonds. The first-order valence-corrected chi connectivity index (χ1v) is 13.7. The van der Waals surface area contributed by atoms with Crippen molar-refractivity contribution in [3.8, 4) is 0 Å². The molecule has 0 spiro atoms. The molecule has 0 radical (unpaired) electrons. The lowest BCUT2D eigenvalue weighted by Crippen LogP contribution is -2.51. The van der Waals surface area contributed by atoms with Gasteiger partial charge < -0.3 is 9.64 Å². The standard InChI is InChI=1S/C30H34BrNO3/c31-26-8-6-25(7-9-26)30-15-12-29(13-16-30,14-17-30)22-32(28(34)24-10-19-35-20-11-24)27-5-1-3-23(21-27)4-2-18-33/h1-9,18,21,24H,10-17,19-20,22H2/b4-2+. The number of allylic oxidation sites excluding steroid dienone is 1. The van der Waals surface area contributed by atoms with Crippen LogP contribution >= 0.6 is 15.9 Å². The predicted molar refractivity (Wildman–Crippen MR) is 143 cm³/mol. The molecule has 6 rings (SSSR count). The number of halogens is 1. The largest absolute Gasteiger partial charge is 0.381 e. The first-order chi connectivity index (χ1) is 17.0. The first kappa shape index (κ1) is 24.5. The molecule has 4 nitrogen and oxygen atoms in total. The van der Waals surface area contributed by atoms with E-state index in [0.717, 1.165) is 60.7 Å². The van der Waals surface area contributed by atoms with E-state index in [-0.39, 0.29) is 22.7 Å². The third-order valence-electron chi connectivity index (χ3n) is 8.74. The first-order valence-electron chi connectivity index (χ1n) is 12.9. The summed E-state index contributed by atoms with van der Waals surface area (Å²) in [5.41, 5.74) is 3.82. The molecule has 1 heterocycles.